The molecule has 2 N–H and O–H groups in total. The number of hydrogen-bond donors (Lipinski definition) is 1. The Kier molecular flexibility index (Phi) is 5.03. The Balaban J connectivity index is 2.16. The van der Waals surface area contributed by atoms with Crippen LogP contribution in [0.1, 0.15) is 45.1 Å². The third-order valence-electron chi connectivity index (χ3n) is 4.07. The second kappa shape index (κ2) is 6.76. The molecule has 1 heterocycles. The van der Waals surface area contributed by atoms with Gasteiger partial charge in [-0.2, -0.15) is 0 Å². The summed E-state index contributed by atoms with van der Waals surface area (Å²) in [6, 6.07) is 8.77. The molecule has 2 nitrogen and oxygen atoms in total. The van der Waals surface area contributed by atoms with Crippen LogP contribution in [0.5, 0.6) is 0 Å². The molecular weight excluding hydrogens is 232 g/mol. The minimum atomic E-state index is 0.620. The minimum absolute atomic E-state index is 0.620. The first-order valence-corrected chi connectivity index (χ1v) is 7.56. The standard InChI is InChI=1S/C17H26N2/c1-3-5-6-14(4-2)13-19-10-9-16-11-15(12-18)7-8-17(16)19/h7-11,14H,3-6,12-13,18H2,1-2H3. The number of aromatic nitrogens is 1. The predicted octanol–water partition coefficient (Wildman–Crippen LogP) is 4.32. The van der Waals surface area contributed by atoms with Crippen LogP contribution in [-0.4, -0.2) is 4.57 Å². The molecule has 1 unspecified atom stereocenters. The fraction of sp³-hybridized carbons (Fsp3) is 0.529. The number of rotatable bonds is 7. The molecule has 0 fully saturated rings. The maximum absolute atomic E-state index is 5.70. The van der Waals surface area contributed by atoms with Gasteiger partial charge in [0.25, 0.3) is 0 Å². The Morgan fingerprint density at radius 1 is 1.21 bits per heavy atom. The monoisotopic (exact) mass is 258 g/mol. The topological polar surface area (TPSA) is 30.9 Å². The van der Waals surface area contributed by atoms with Gasteiger partial charge in [-0.05, 0) is 41.5 Å². The molecule has 19 heavy (non-hydrogen) atoms. The number of unbranched alkanes of at least 4 members (excludes halogenated alkanes) is 1. The number of hydrogen-bond acceptors (Lipinski definition) is 1. The quantitative estimate of drug-likeness (QED) is 0.788. The van der Waals surface area contributed by atoms with Crippen LogP contribution in [0, 0.1) is 5.92 Å². The third-order valence-corrected chi connectivity index (χ3v) is 4.07. The fourth-order valence-corrected chi connectivity index (χ4v) is 2.73. The van der Waals surface area contributed by atoms with Crippen LogP contribution in [0.3, 0.4) is 0 Å². The van der Waals surface area contributed by atoms with E-state index in [1.54, 1.807) is 0 Å². The van der Waals surface area contributed by atoms with Gasteiger partial charge in [-0.25, -0.2) is 0 Å². The van der Waals surface area contributed by atoms with E-state index in [0.717, 1.165) is 12.5 Å². The van der Waals surface area contributed by atoms with Gasteiger partial charge >= 0.3 is 0 Å². The van der Waals surface area contributed by atoms with Crippen molar-refractivity contribution < 1.29 is 0 Å². The van der Waals surface area contributed by atoms with Crippen LogP contribution in [0.25, 0.3) is 10.9 Å². The lowest BCUT2D eigenvalue weighted by atomic mass is 9.99. The van der Waals surface area contributed by atoms with E-state index in [9.17, 15) is 0 Å². The molecule has 1 atom stereocenters. The molecule has 0 saturated carbocycles. The molecule has 1 aromatic carbocycles. The van der Waals surface area contributed by atoms with Crippen molar-refractivity contribution >= 4 is 10.9 Å². The summed E-state index contributed by atoms with van der Waals surface area (Å²) >= 11 is 0. The van der Waals surface area contributed by atoms with Crippen LogP contribution < -0.4 is 5.73 Å². The number of benzene rings is 1. The van der Waals surface area contributed by atoms with Gasteiger partial charge in [0.05, 0.1) is 0 Å². The predicted molar refractivity (Wildman–Crippen MR) is 83.1 cm³/mol. The van der Waals surface area contributed by atoms with E-state index in [1.165, 1.54) is 42.1 Å². The summed E-state index contributed by atoms with van der Waals surface area (Å²) in [5.74, 6) is 0.796. The second-order valence-electron chi connectivity index (χ2n) is 5.48. The second-order valence-corrected chi connectivity index (χ2v) is 5.48. The zero-order valence-electron chi connectivity index (χ0n) is 12.2. The van der Waals surface area contributed by atoms with E-state index in [2.05, 4.69) is 48.9 Å². The largest absolute Gasteiger partial charge is 0.347 e. The molecular formula is C17H26N2. The van der Waals surface area contributed by atoms with E-state index in [0.29, 0.717) is 6.54 Å². The summed E-state index contributed by atoms with van der Waals surface area (Å²) in [5, 5.41) is 1.31. The summed E-state index contributed by atoms with van der Waals surface area (Å²) in [7, 11) is 0. The van der Waals surface area contributed by atoms with Crippen molar-refractivity contribution in [1.82, 2.24) is 4.57 Å². The third kappa shape index (κ3) is 3.38. The molecule has 0 saturated heterocycles. The highest BCUT2D eigenvalue weighted by Crippen LogP contribution is 2.21. The van der Waals surface area contributed by atoms with E-state index >= 15 is 0 Å². The average molecular weight is 258 g/mol. The molecule has 0 aliphatic rings. The lowest BCUT2D eigenvalue weighted by Gasteiger charge is -2.16. The zero-order valence-corrected chi connectivity index (χ0v) is 12.2. The summed E-state index contributed by atoms with van der Waals surface area (Å²) in [5.41, 5.74) is 8.25. The molecule has 2 rings (SSSR count). The Morgan fingerprint density at radius 2 is 2.05 bits per heavy atom. The molecule has 0 spiro atoms. The van der Waals surface area contributed by atoms with Crippen molar-refractivity contribution in [1.29, 1.82) is 0 Å². The number of nitrogens with two attached hydrogens (primary N) is 1. The molecule has 0 aliphatic heterocycles. The van der Waals surface area contributed by atoms with Crippen LogP contribution in [-0.2, 0) is 13.1 Å². The Hall–Kier alpha value is -1.28. The van der Waals surface area contributed by atoms with E-state index < -0.39 is 0 Å². The highest BCUT2D eigenvalue weighted by Gasteiger charge is 2.09. The van der Waals surface area contributed by atoms with Crippen molar-refractivity contribution in [2.45, 2.75) is 52.6 Å². The van der Waals surface area contributed by atoms with Crippen molar-refractivity contribution in [3.8, 4) is 0 Å². The fourth-order valence-electron chi connectivity index (χ4n) is 2.73. The van der Waals surface area contributed by atoms with Crippen molar-refractivity contribution in [3.63, 3.8) is 0 Å². The molecule has 1 aromatic heterocycles. The van der Waals surface area contributed by atoms with E-state index in [-0.39, 0.29) is 0 Å². The smallest absolute Gasteiger partial charge is 0.0480 e. The van der Waals surface area contributed by atoms with Gasteiger partial charge in [0, 0.05) is 24.8 Å². The van der Waals surface area contributed by atoms with Crippen molar-refractivity contribution in [2.75, 3.05) is 0 Å². The van der Waals surface area contributed by atoms with Crippen molar-refractivity contribution in [3.05, 3.63) is 36.0 Å². The SMILES string of the molecule is CCCCC(CC)Cn1ccc2cc(CN)ccc21. The Bertz CT molecular complexity index is 513. The Morgan fingerprint density at radius 3 is 2.74 bits per heavy atom. The lowest BCUT2D eigenvalue weighted by Crippen LogP contribution is -2.09. The van der Waals surface area contributed by atoms with Gasteiger partial charge in [0.15, 0.2) is 0 Å². The summed E-state index contributed by atoms with van der Waals surface area (Å²) in [4.78, 5) is 0. The van der Waals surface area contributed by atoms with Crippen LogP contribution in [0.2, 0.25) is 0 Å². The first-order valence-electron chi connectivity index (χ1n) is 7.56. The molecule has 0 radical (unpaired) electrons. The van der Waals surface area contributed by atoms with E-state index in [4.69, 9.17) is 5.73 Å². The first kappa shape index (κ1) is 14.1. The normalized spacial score (nSPS) is 13.0. The maximum Gasteiger partial charge on any atom is 0.0480 e. The highest BCUT2D eigenvalue weighted by atomic mass is 15.0. The van der Waals surface area contributed by atoms with Crippen LogP contribution in [0.4, 0.5) is 0 Å². The van der Waals surface area contributed by atoms with E-state index in [1.807, 2.05) is 0 Å². The average Bonchev–Trinajstić information content (AvgIpc) is 2.85. The molecule has 2 aromatic rings. The van der Waals surface area contributed by atoms with Crippen molar-refractivity contribution in [2.24, 2.45) is 11.7 Å². The molecule has 0 aliphatic carbocycles. The first-order chi connectivity index (χ1) is 9.28. The lowest BCUT2D eigenvalue weighted by molar-refractivity contribution is 0.396. The van der Waals surface area contributed by atoms with Gasteiger partial charge < -0.3 is 10.3 Å². The number of fused-ring (bicyclic) bond motifs is 1. The van der Waals surface area contributed by atoms with Gasteiger partial charge in [0.1, 0.15) is 0 Å². The molecule has 104 valence electrons. The summed E-state index contributed by atoms with van der Waals surface area (Å²) in [6.07, 6.45) is 7.46. The maximum atomic E-state index is 5.70. The molecule has 2 heteroatoms. The molecule has 0 bridgehead atoms. The van der Waals surface area contributed by atoms with Gasteiger partial charge in [-0.3, -0.25) is 0 Å². The Labute approximate surface area is 116 Å². The minimum Gasteiger partial charge on any atom is -0.347 e. The van der Waals surface area contributed by atoms with Crippen LogP contribution in [0.15, 0.2) is 30.5 Å². The van der Waals surface area contributed by atoms with Gasteiger partial charge in [-0.15, -0.1) is 0 Å². The van der Waals surface area contributed by atoms with Gasteiger partial charge in [0.2, 0.25) is 0 Å². The highest BCUT2D eigenvalue weighted by molar-refractivity contribution is 5.80. The number of nitrogens with zero attached hydrogens (tertiary/aromatic N) is 1. The summed E-state index contributed by atoms with van der Waals surface area (Å²) < 4.78 is 2.40. The molecule has 0 amide bonds. The van der Waals surface area contributed by atoms with Crippen LogP contribution >= 0.6 is 0 Å². The summed E-state index contributed by atoms with van der Waals surface area (Å²) in [6.45, 7) is 6.34. The zero-order chi connectivity index (χ0) is 13.7. The van der Waals surface area contributed by atoms with Gasteiger partial charge in [-0.1, -0.05) is 39.2 Å².